The Labute approximate surface area is 187 Å². The van der Waals surface area contributed by atoms with Crippen molar-refractivity contribution in [2.24, 2.45) is 0 Å². The summed E-state index contributed by atoms with van der Waals surface area (Å²) >= 11 is 0. The second kappa shape index (κ2) is 9.42. The van der Waals surface area contributed by atoms with E-state index < -0.39 is 0 Å². The van der Waals surface area contributed by atoms with E-state index >= 15 is 0 Å². The molecule has 0 radical (unpaired) electrons. The number of H-pyrrole nitrogens is 1. The molecule has 0 unspecified atom stereocenters. The van der Waals surface area contributed by atoms with Crippen LogP contribution in [-0.2, 0) is 11.2 Å². The number of morpholine rings is 1. The minimum atomic E-state index is -0.171. The van der Waals surface area contributed by atoms with Crippen molar-refractivity contribution in [1.82, 2.24) is 24.4 Å². The van der Waals surface area contributed by atoms with E-state index in [9.17, 15) is 4.79 Å². The van der Waals surface area contributed by atoms with Gasteiger partial charge >= 0.3 is 0 Å². The maximum atomic E-state index is 12.8. The maximum absolute atomic E-state index is 12.8. The van der Waals surface area contributed by atoms with Gasteiger partial charge in [0, 0.05) is 37.7 Å². The van der Waals surface area contributed by atoms with Crippen LogP contribution < -0.4 is 10.3 Å². The summed E-state index contributed by atoms with van der Waals surface area (Å²) in [5.41, 5.74) is 1.99. The standard InChI is InChI=1S/C24H31N5O3/c1-17-25-22-23(29(17)19-7-3-4-8-19)26-21(27-24(22)30)16-18-6-2-5-9-20(18)32-15-12-28-10-13-31-14-11-28/h2,5-6,9,19H,3-4,7-8,10-16H2,1H3,(H,26,27,30). The van der Waals surface area contributed by atoms with Crippen molar-refractivity contribution in [2.75, 3.05) is 39.5 Å². The summed E-state index contributed by atoms with van der Waals surface area (Å²) < 4.78 is 13.7. The molecule has 1 aliphatic heterocycles. The highest BCUT2D eigenvalue weighted by molar-refractivity contribution is 5.70. The number of ether oxygens (including phenoxy) is 2. The normalized spacial score (nSPS) is 17.9. The number of aromatic nitrogens is 4. The number of hydrogen-bond acceptors (Lipinski definition) is 6. The van der Waals surface area contributed by atoms with Crippen LogP contribution in [-0.4, -0.2) is 63.9 Å². The molecule has 8 heteroatoms. The number of benzene rings is 1. The zero-order chi connectivity index (χ0) is 21.9. The second-order valence-corrected chi connectivity index (χ2v) is 8.74. The van der Waals surface area contributed by atoms with Crippen LogP contribution in [0.4, 0.5) is 0 Å². The number of imidazole rings is 1. The first-order valence-corrected chi connectivity index (χ1v) is 11.7. The Balaban J connectivity index is 1.36. The molecule has 0 bridgehead atoms. The van der Waals surface area contributed by atoms with E-state index in [2.05, 4.69) is 19.4 Å². The molecule has 5 rings (SSSR count). The van der Waals surface area contributed by atoms with E-state index in [-0.39, 0.29) is 5.56 Å². The fourth-order valence-corrected chi connectivity index (χ4v) is 4.90. The van der Waals surface area contributed by atoms with E-state index in [1.165, 1.54) is 12.8 Å². The van der Waals surface area contributed by atoms with Crippen LogP contribution in [0.3, 0.4) is 0 Å². The summed E-state index contributed by atoms with van der Waals surface area (Å²) in [6.45, 7) is 6.93. The second-order valence-electron chi connectivity index (χ2n) is 8.74. The molecule has 1 saturated carbocycles. The first kappa shape index (κ1) is 21.2. The van der Waals surface area contributed by atoms with Gasteiger partial charge in [0.15, 0.2) is 11.2 Å². The Morgan fingerprint density at radius 1 is 1.16 bits per heavy atom. The van der Waals surface area contributed by atoms with E-state index in [0.717, 1.165) is 62.8 Å². The van der Waals surface area contributed by atoms with Crippen molar-refractivity contribution >= 4 is 11.2 Å². The molecular weight excluding hydrogens is 406 g/mol. The maximum Gasteiger partial charge on any atom is 0.279 e. The van der Waals surface area contributed by atoms with Gasteiger partial charge in [-0.1, -0.05) is 31.0 Å². The van der Waals surface area contributed by atoms with Crippen LogP contribution in [0.25, 0.3) is 11.2 Å². The number of nitrogens with one attached hydrogen (secondary N) is 1. The molecule has 3 heterocycles. The van der Waals surface area contributed by atoms with Crippen LogP contribution in [0.5, 0.6) is 5.75 Å². The van der Waals surface area contributed by atoms with Crippen molar-refractivity contribution in [2.45, 2.75) is 45.1 Å². The smallest absolute Gasteiger partial charge is 0.279 e. The van der Waals surface area contributed by atoms with Gasteiger partial charge in [-0.15, -0.1) is 0 Å². The fourth-order valence-electron chi connectivity index (χ4n) is 4.90. The Kier molecular flexibility index (Phi) is 6.23. The third-order valence-electron chi connectivity index (χ3n) is 6.57. The highest BCUT2D eigenvalue weighted by atomic mass is 16.5. The molecule has 1 saturated heterocycles. The number of nitrogens with zero attached hydrogens (tertiary/aromatic N) is 4. The number of para-hydroxylation sites is 1. The molecule has 170 valence electrons. The number of hydrogen-bond donors (Lipinski definition) is 1. The predicted molar refractivity (Wildman–Crippen MR) is 122 cm³/mol. The van der Waals surface area contributed by atoms with Gasteiger partial charge in [-0.3, -0.25) is 9.69 Å². The van der Waals surface area contributed by atoms with Crippen LogP contribution in [0.1, 0.15) is 48.9 Å². The summed E-state index contributed by atoms with van der Waals surface area (Å²) in [5, 5.41) is 0. The van der Waals surface area contributed by atoms with Crippen LogP contribution in [0.15, 0.2) is 29.1 Å². The third-order valence-corrected chi connectivity index (χ3v) is 6.57. The van der Waals surface area contributed by atoms with E-state index in [0.29, 0.717) is 36.1 Å². The average molecular weight is 438 g/mol. The molecule has 1 aliphatic carbocycles. The molecule has 3 aromatic rings. The van der Waals surface area contributed by atoms with Crippen LogP contribution >= 0.6 is 0 Å². The summed E-state index contributed by atoms with van der Waals surface area (Å²) in [7, 11) is 0. The van der Waals surface area contributed by atoms with Crippen molar-refractivity contribution in [3.63, 3.8) is 0 Å². The predicted octanol–water partition coefficient (Wildman–Crippen LogP) is 2.84. The number of aryl methyl sites for hydroxylation is 1. The van der Waals surface area contributed by atoms with Gasteiger partial charge in [0.2, 0.25) is 0 Å². The highest BCUT2D eigenvalue weighted by Crippen LogP contribution is 2.32. The monoisotopic (exact) mass is 437 g/mol. The Bertz CT molecular complexity index is 1130. The van der Waals surface area contributed by atoms with Crippen LogP contribution in [0.2, 0.25) is 0 Å². The van der Waals surface area contributed by atoms with Crippen LogP contribution in [0, 0.1) is 6.92 Å². The zero-order valence-corrected chi connectivity index (χ0v) is 18.7. The number of rotatable bonds is 7. The average Bonchev–Trinajstić information content (AvgIpc) is 3.43. The molecule has 2 fully saturated rings. The van der Waals surface area contributed by atoms with Crippen molar-refractivity contribution in [3.05, 3.63) is 51.8 Å². The molecule has 0 atom stereocenters. The van der Waals surface area contributed by atoms with Crippen molar-refractivity contribution in [3.8, 4) is 5.75 Å². The number of aromatic amines is 1. The minimum Gasteiger partial charge on any atom is -0.492 e. The quantitative estimate of drug-likeness (QED) is 0.612. The summed E-state index contributed by atoms with van der Waals surface area (Å²) in [6, 6.07) is 8.38. The van der Waals surface area contributed by atoms with Gasteiger partial charge in [0.1, 0.15) is 24.0 Å². The first-order valence-electron chi connectivity index (χ1n) is 11.7. The summed E-state index contributed by atoms with van der Waals surface area (Å²) in [4.78, 5) is 27.5. The van der Waals surface area contributed by atoms with Gasteiger partial charge in [-0.25, -0.2) is 9.97 Å². The van der Waals surface area contributed by atoms with Crippen molar-refractivity contribution < 1.29 is 9.47 Å². The molecule has 0 spiro atoms. The highest BCUT2D eigenvalue weighted by Gasteiger charge is 2.23. The molecule has 32 heavy (non-hydrogen) atoms. The van der Waals surface area contributed by atoms with E-state index in [1.807, 2.05) is 31.2 Å². The van der Waals surface area contributed by atoms with Gasteiger partial charge in [0.25, 0.3) is 5.56 Å². The molecule has 2 aromatic heterocycles. The van der Waals surface area contributed by atoms with E-state index in [1.54, 1.807) is 0 Å². The van der Waals surface area contributed by atoms with Gasteiger partial charge < -0.3 is 19.0 Å². The molecule has 0 amide bonds. The topological polar surface area (TPSA) is 85.3 Å². The van der Waals surface area contributed by atoms with Gasteiger partial charge in [-0.2, -0.15) is 0 Å². The molecule has 1 N–H and O–H groups in total. The lowest BCUT2D eigenvalue weighted by atomic mass is 10.1. The molecule has 2 aliphatic rings. The van der Waals surface area contributed by atoms with E-state index in [4.69, 9.17) is 14.5 Å². The molecule has 1 aromatic carbocycles. The van der Waals surface area contributed by atoms with Crippen molar-refractivity contribution in [1.29, 1.82) is 0 Å². The minimum absolute atomic E-state index is 0.171. The Morgan fingerprint density at radius 2 is 1.94 bits per heavy atom. The lowest BCUT2D eigenvalue weighted by Gasteiger charge is -2.26. The Morgan fingerprint density at radius 3 is 2.75 bits per heavy atom. The Hall–Kier alpha value is -2.71. The summed E-state index contributed by atoms with van der Waals surface area (Å²) in [5.74, 6) is 2.35. The van der Waals surface area contributed by atoms with Gasteiger partial charge in [0.05, 0.1) is 13.2 Å². The first-order chi connectivity index (χ1) is 15.7. The zero-order valence-electron chi connectivity index (χ0n) is 18.7. The molecular formula is C24H31N5O3. The largest absolute Gasteiger partial charge is 0.492 e. The lowest BCUT2D eigenvalue weighted by Crippen LogP contribution is -2.38. The lowest BCUT2D eigenvalue weighted by molar-refractivity contribution is 0.0322. The SMILES string of the molecule is Cc1nc2c(=O)[nH]c(Cc3ccccc3OCCN3CCOCC3)nc2n1C1CCCC1. The van der Waals surface area contributed by atoms with Gasteiger partial charge in [-0.05, 0) is 25.8 Å². The third kappa shape index (κ3) is 4.42. The fraction of sp³-hybridized carbons (Fsp3) is 0.542. The molecule has 8 nitrogen and oxygen atoms in total. The number of fused-ring (bicyclic) bond motifs is 1. The summed E-state index contributed by atoms with van der Waals surface area (Å²) in [6.07, 6.45) is 5.18.